The van der Waals surface area contributed by atoms with Crippen LogP contribution in [0, 0.1) is 0 Å². The highest BCUT2D eigenvalue weighted by Crippen LogP contribution is 2.10. The molecule has 4 heteroatoms. The van der Waals surface area contributed by atoms with Gasteiger partial charge in [-0.25, -0.2) is 4.21 Å². The third kappa shape index (κ3) is 14.3. The van der Waals surface area contributed by atoms with Gasteiger partial charge in [-0.1, -0.05) is 64.7 Å². The summed E-state index contributed by atoms with van der Waals surface area (Å²) in [6, 6.07) is 0. The second kappa shape index (κ2) is 10.5. The van der Waals surface area contributed by atoms with Gasteiger partial charge in [0.2, 0.25) is 0 Å². The van der Waals surface area contributed by atoms with E-state index in [1.807, 2.05) is 0 Å². The van der Waals surface area contributed by atoms with Crippen molar-refractivity contribution in [1.29, 1.82) is 0 Å². The van der Waals surface area contributed by atoms with Crippen LogP contribution in [0.5, 0.6) is 0 Å². The predicted molar refractivity (Wildman–Crippen MR) is 74.8 cm³/mol. The normalized spacial score (nSPS) is 14.9. The number of unbranched alkanes of at least 4 members (excludes halogenated alkanes) is 9. The zero-order valence-corrected chi connectivity index (χ0v) is 12.1. The van der Waals surface area contributed by atoms with Gasteiger partial charge >= 0.3 is 0 Å². The summed E-state index contributed by atoms with van der Waals surface area (Å²) < 4.78 is 19.7. The molecular formula is C12H26O2S2. The van der Waals surface area contributed by atoms with Gasteiger partial charge in [0.25, 0.3) is 0 Å². The third-order valence-electron chi connectivity index (χ3n) is 2.76. The molecule has 0 heterocycles. The van der Waals surface area contributed by atoms with Crippen molar-refractivity contribution in [2.75, 3.05) is 5.75 Å². The first-order valence-corrected chi connectivity index (χ1v) is 9.12. The molecule has 0 saturated carbocycles. The molecular weight excluding hydrogens is 240 g/mol. The minimum atomic E-state index is -2.90. The molecule has 0 fully saturated rings. The van der Waals surface area contributed by atoms with Crippen molar-refractivity contribution in [1.82, 2.24) is 0 Å². The minimum absolute atomic E-state index is 0.291. The monoisotopic (exact) mass is 266 g/mol. The summed E-state index contributed by atoms with van der Waals surface area (Å²) in [5.41, 5.74) is 0. The molecule has 16 heavy (non-hydrogen) atoms. The quantitative estimate of drug-likeness (QED) is 0.571. The van der Waals surface area contributed by atoms with E-state index in [4.69, 9.17) is 4.55 Å². The standard InChI is InChI=1S/C12H26O2S2/c1-2-3-4-5-6-7-8-9-10-11-12-16(13,14)15/h2-12H2,1H3,(H,13,14,15). The van der Waals surface area contributed by atoms with Gasteiger partial charge in [-0.05, 0) is 6.42 Å². The van der Waals surface area contributed by atoms with Crippen LogP contribution >= 0.6 is 0 Å². The molecule has 1 N–H and O–H groups in total. The molecule has 1 unspecified atom stereocenters. The number of rotatable bonds is 11. The highest BCUT2D eigenvalue weighted by molar-refractivity contribution is 8.29. The van der Waals surface area contributed by atoms with Crippen molar-refractivity contribution in [3.63, 3.8) is 0 Å². The van der Waals surface area contributed by atoms with E-state index in [1.165, 1.54) is 51.4 Å². The van der Waals surface area contributed by atoms with Crippen molar-refractivity contribution in [3.8, 4) is 0 Å². The molecule has 0 aliphatic heterocycles. The maximum absolute atomic E-state index is 10.8. The molecule has 98 valence electrons. The van der Waals surface area contributed by atoms with E-state index < -0.39 is 8.77 Å². The Morgan fingerprint density at radius 1 is 0.875 bits per heavy atom. The Morgan fingerprint density at radius 2 is 1.25 bits per heavy atom. The molecule has 0 spiro atoms. The van der Waals surface area contributed by atoms with Crippen LogP contribution < -0.4 is 0 Å². The largest absolute Gasteiger partial charge is 0.306 e. The number of hydrogen-bond acceptors (Lipinski definition) is 2. The maximum atomic E-state index is 10.8. The fourth-order valence-corrected chi connectivity index (χ4v) is 2.69. The second-order valence-electron chi connectivity index (χ2n) is 4.47. The Hall–Kier alpha value is 0.330. The molecule has 0 aromatic carbocycles. The van der Waals surface area contributed by atoms with E-state index in [0.717, 1.165) is 12.8 Å². The lowest BCUT2D eigenvalue weighted by Crippen LogP contribution is -2.01. The summed E-state index contributed by atoms with van der Waals surface area (Å²) in [4.78, 5) is 0. The van der Waals surface area contributed by atoms with Gasteiger partial charge in [0.1, 0.15) is 8.77 Å². The van der Waals surface area contributed by atoms with Crippen LogP contribution in [0.25, 0.3) is 0 Å². The second-order valence-corrected chi connectivity index (χ2v) is 7.60. The topological polar surface area (TPSA) is 37.3 Å². The lowest BCUT2D eigenvalue weighted by Gasteiger charge is -2.02. The van der Waals surface area contributed by atoms with Gasteiger partial charge in [-0.3, -0.25) is 0 Å². The summed E-state index contributed by atoms with van der Waals surface area (Å²) in [6.07, 6.45) is 12.4. The van der Waals surface area contributed by atoms with Crippen molar-refractivity contribution in [3.05, 3.63) is 0 Å². The molecule has 0 saturated heterocycles. The van der Waals surface area contributed by atoms with Crippen LogP contribution in [0.3, 0.4) is 0 Å². The van der Waals surface area contributed by atoms with E-state index in [2.05, 4.69) is 18.1 Å². The van der Waals surface area contributed by atoms with E-state index >= 15 is 0 Å². The summed E-state index contributed by atoms with van der Waals surface area (Å²) in [5.74, 6) is 0.291. The first-order chi connectivity index (χ1) is 7.56. The van der Waals surface area contributed by atoms with Gasteiger partial charge < -0.3 is 4.55 Å². The summed E-state index contributed by atoms with van der Waals surface area (Å²) in [5, 5.41) is 0. The third-order valence-corrected chi connectivity index (χ3v) is 4.06. The zero-order chi connectivity index (χ0) is 12.3. The SMILES string of the molecule is CCCCCCCCCCCCS(=O)(O)=S. The van der Waals surface area contributed by atoms with Gasteiger partial charge in [-0.2, -0.15) is 0 Å². The molecule has 0 aliphatic carbocycles. The van der Waals surface area contributed by atoms with Gasteiger partial charge in [0.15, 0.2) is 0 Å². The van der Waals surface area contributed by atoms with Crippen molar-refractivity contribution in [2.45, 2.75) is 71.1 Å². The van der Waals surface area contributed by atoms with Crippen LogP contribution in [0.2, 0.25) is 0 Å². The van der Waals surface area contributed by atoms with Crippen molar-refractivity contribution in [2.24, 2.45) is 0 Å². The van der Waals surface area contributed by atoms with E-state index in [0.29, 0.717) is 5.75 Å². The summed E-state index contributed by atoms with van der Waals surface area (Å²) in [6.45, 7) is 2.23. The fourth-order valence-electron chi connectivity index (χ4n) is 1.77. The highest BCUT2D eigenvalue weighted by Gasteiger charge is 1.99. The molecule has 0 amide bonds. The predicted octanol–water partition coefficient (Wildman–Crippen LogP) is 4.13. The van der Waals surface area contributed by atoms with Crippen LogP contribution in [-0.2, 0) is 20.0 Å². The van der Waals surface area contributed by atoms with Gasteiger partial charge in [0, 0.05) is 16.9 Å². The lowest BCUT2D eigenvalue weighted by molar-refractivity contribution is 0.546. The Labute approximate surface area is 106 Å². The maximum Gasteiger partial charge on any atom is 0.141 e. The average molecular weight is 266 g/mol. The zero-order valence-electron chi connectivity index (χ0n) is 10.5. The minimum Gasteiger partial charge on any atom is -0.306 e. The Bertz CT molecular complexity index is 235. The van der Waals surface area contributed by atoms with Crippen LogP contribution in [0.4, 0.5) is 0 Å². The first-order valence-electron chi connectivity index (χ1n) is 6.51. The molecule has 0 rings (SSSR count). The molecule has 2 nitrogen and oxygen atoms in total. The average Bonchev–Trinajstić information content (AvgIpc) is 2.19. The Morgan fingerprint density at radius 3 is 1.62 bits per heavy atom. The van der Waals surface area contributed by atoms with Crippen LogP contribution in [-0.4, -0.2) is 14.5 Å². The molecule has 0 aromatic rings. The van der Waals surface area contributed by atoms with Gasteiger partial charge in [-0.15, -0.1) is 0 Å². The Balaban J connectivity index is 3.05. The molecule has 0 radical (unpaired) electrons. The highest BCUT2D eigenvalue weighted by atomic mass is 32.8. The van der Waals surface area contributed by atoms with E-state index in [1.54, 1.807) is 0 Å². The van der Waals surface area contributed by atoms with Gasteiger partial charge in [0.05, 0.1) is 0 Å². The lowest BCUT2D eigenvalue weighted by atomic mass is 10.1. The molecule has 0 aliphatic rings. The molecule has 0 bridgehead atoms. The van der Waals surface area contributed by atoms with Crippen LogP contribution in [0.1, 0.15) is 71.1 Å². The van der Waals surface area contributed by atoms with E-state index in [9.17, 15) is 4.21 Å². The molecule has 0 aromatic heterocycles. The number of hydrogen-bond donors (Lipinski definition) is 1. The summed E-state index contributed by atoms with van der Waals surface area (Å²) in [7, 11) is -2.90. The smallest absolute Gasteiger partial charge is 0.141 e. The fraction of sp³-hybridized carbons (Fsp3) is 1.00. The summed E-state index contributed by atoms with van der Waals surface area (Å²) >= 11 is 4.43. The van der Waals surface area contributed by atoms with Crippen molar-refractivity contribution >= 4 is 20.0 Å². The van der Waals surface area contributed by atoms with Crippen molar-refractivity contribution < 1.29 is 8.76 Å². The molecule has 1 atom stereocenters. The Kier molecular flexibility index (Phi) is 10.7. The first kappa shape index (κ1) is 16.3. The van der Waals surface area contributed by atoms with Crippen LogP contribution in [0.15, 0.2) is 0 Å². The van der Waals surface area contributed by atoms with E-state index in [-0.39, 0.29) is 0 Å².